The molecule has 10 aromatic rings. The number of hydrogen-bond donors (Lipinski definition) is 1. The first-order valence-electron chi connectivity index (χ1n) is 17.3. The van der Waals surface area contributed by atoms with Crippen LogP contribution in [-0.4, -0.2) is 15.0 Å². The lowest BCUT2D eigenvalue weighted by Crippen LogP contribution is -1.91. The second-order valence-electron chi connectivity index (χ2n) is 13.1. The quantitative estimate of drug-likeness (QED) is 0.202. The van der Waals surface area contributed by atoms with Gasteiger partial charge in [0.1, 0.15) is 0 Å². The maximum absolute atomic E-state index is 5.21. The van der Waals surface area contributed by atoms with Crippen molar-refractivity contribution in [3.05, 3.63) is 182 Å². The number of pyridine rings is 2. The van der Waals surface area contributed by atoms with Gasteiger partial charge in [0.2, 0.25) is 0 Å². The standard InChI is InChI=1S/C48H31N3/c1-2-13-33(14-3-1)40-27-38(36-22-20-31-11-4-6-15-34(31)25-36)28-41-42-29-39(37-23-21-32-12-5-7-16-35(32)26-37)30-43(48(42)51-47(40)41)44-18-10-19-46(50-44)45-17-8-9-24-49-45/h1-30,51H. The summed E-state index contributed by atoms with van der Waals surface area (Å²) in [6.45, 7) is 0. The van der Waals surface area contributed by atoms with E-state index in [2.05, 4.69) is 162 Å². The second kappa shape index (κ2) is 11.9. The number of rotatable bonds is 5. The third-order valence-corrected chi connectivity index (χ3v) is 10.0. The van der Waals surface area contributed by atoms with Crippen LogP contribution >= 0.6 is 0 Å². The molecule has 0 aliphatic carbocycles. The van der Waals surface area contributed by atoms with Gasteiger partial charge >= 0.3 is 0 Å². The summed E-state index contributed by atoms with van der Waals surface area (Å²) in [5.41, 5.74) is 12.8. The van der Waals surface area contributed by atoms with Gasteiger partial charge in [-0.1, -0.05) is 115 Å². The van der Waals surface area contributed by atoms with E-state index in [1.54, 1.807) is 0 Å². The first-order valence-corrected chi connectivity index (χ1v) is 17.3. The van der Waals surface area contributed by atoms with Crippen LogP contribution in [0.4, 0.5) is 0 Å². The molecule has 0 fully saturated rings. The van der Waals surface area contributed by atoms with E-state index in [0.717, 1.165) is 44.6 Å². The summed E-state index contributed by atoms with van der Waals surface area (Å²) in [6, 6.07) is 62.8. The minimum Gasteiger partial charge on any atom is -0.353 e. The Bertz CT molecular complexity index is 2910. The zero-order valence-corrected chi connectivity index (χ0v) is 27.7. The molecule has 3 heterocycles. The van der Waals surface area contributed by atoms with Crippen molar-refractivity contribution in [2.45, 2.75) is 0 Å². The number of hydrogen-bond acceptors (Lipinski definition) is 2. The van der Waals surface area contributed by atoms with E-state index < -0.39 is 0 Å². The van der Waals surface area contributed by atoms with Gasteiger partial charge in [-0.15, -0.1) is 0 Å². The summed E-state index contributed by atoms with van der Waals surface area (Å²) in [6.07, 6.45) is 1.82. The van der Waals surface area contributed by atoms with Crippen molar-refractivity contribution in [1.29, 1.82) is 0 Å². The molecule has 10 rings (SSSR count). The van der Waals surface area contributed by atoms with Crippen molar-refractivity contribution >= 4 is 43.4 Å². The average molecular weight is 650 g/mol. The molecular formula is C48H31N3. The Morgan fingerprint density at radius 2 is 0.882 bits per heavy atom. The lowest BCUT2D eigenvalue weighted by molar-refractivity contribution is 1.25. The van der Waals surface area contributed by atoms with E-state index in [9.17, 15) is 0 Å². The maximum Gasteiger partial charge on any atom is 0.0893 e. The fraction of sp³-hybridized carbons (Fsp3) is 0. The van der Waals surface area contributed by atoms with E-state index in [1.165, 1.54) is 54.7 Å². The van der Waals surface area contributed by atoms with Crippen molar-refractivity contribution in [3.63, 3.8) is 0 Å². The van der Waals surface area contributed by atoms with Crippen molar-refractivity contribution in [3.8, 4) is 56.0 Å². The molecule has 0 saturated heterocycles. The highest BCUT2D eigenvalue weighted by Gasteiger charge is 2.19. The highest BCUT2D eigenvalue weighted by Crippen LogP contribution is 2.43. The third-order valence-electron chi connectivity index (χ3n) is 10.0. The summed E-state index contributed by atoms with van der Waals surface area (Å²) in [5, 5.41) is 7.26. The summed E-state index contributed by atoms with van der Waals surface area (Å²) in [7, 11) is 0. The molecule has 0 radical (unpaired) electrons. The zero-order chi connectivity index (χ0) is 33.7. The van der Waals surface area contributed by atoms with Gasteiger partial charge in [-0.25, -0.2) is 4.98 Å². The van der Waals surface area contributed by atoms with E-state index >= 15 is 0 Å². The number of nitrogens with zero attached hydrogens (tertiary/aromatic N) is 2. The smallest absolute Gasteiger partial charge is 0.0893 e. The van der Waals surface area contributed by atoms with Crippen molar-refractivity contribution in [2.24, 2.45) is 0 Å². The molecule has 1 N–H and O–H groups in total. The fourth-order valence-electron chi connectivity index (χ4n) is 7.46. The van der Waals surface area contributed by atoms with Crippen molar-refractivity contribution in [2.75, 3.05) is 0 Å². The van der Waals surface area contributed by atoms with Crippen LogP contribution in [0.1, 0.15) is 0 Å². The van der Waals surface area contributed by atoms with E-state index in [0.29, 0.717) is 0 Å². The largest absolute Gasteiger partial charge is 0.353 e. The Morgan fingerprint density at radius 3 is 1.53 bits per heavy atom. The van der Waals surface area contributed by atoms with Crippen LogP contribution < -0.4 is 0 Å². The van der Waals surface area contributed by atoms with Gasteiger partial charge in [-0.2, -0.15) is 0 Å². The molecule has 0 atom stereocenters. The summed E-state index contributed by atoms with van der Waals surface area (Å²) in [4.78, 5) is 13.8. The first kappa shape index (κ1) is 29.1. The second-order valence-corrected chi connectivity index (χ2v) is 13.1. The van der Waals surface area contributed by atoms with Gasteiger partial charge in [0.15, 0.2) is 0 Å². The van der Waals surface area contributed by atoms with Gasteiger partial charge in [-0.05, 0) is 110 Å². The van der Waals surface area contributed by atoms with Gasteiger partial charge < -0.3 is 4.98 Å². The Kier molecular flexibility index (Phi) is 6.81. The molecular weight excluding hydrogens is 619 g/mol. The molecule has 0 aliphatic rings. The lowest BCUT2D eigenvalue weighted by atomic mass is 9.93. The maximum atomic E-state index is 5.21. The predicted octanol–water partition coefficient (Wildman–Crippen LogP) is 12.8. The number of H-pyrrole nitrogens is 1. The Hall–Kier alpha value is -6.84. The third kappa shape index (κ3) is 5.15. The van der Waals surface area contributed by atoms with Gasteiger partial charge in [0, 0.05) is 28.1 Å². The van der Waals surface area contributed by atoms with E-state index in [-0.39, 0.29) is 0 Å². The first-order chi connectivity index (χ1) is 25.2. The molecule has 0 unspecified atom stereocenters. The topological polar surface area (TPSA) is 41.6 Å². The predicted molar refractivity (Wildman–Crippen MR) is 214 cm³/mol. The molecule has 0 saturated carbocycles. The van der Waals surface area contributed by atoms with Gasteiger partial charge in [-0.3, -0.25) is 4.98 Å². The van der Waals surface area contributed by atoms with E-state index in [4.69, 9.17) is 4.98 Å². The van der Waals surface area contributed by atoms with Crippen LogP contribution in [0.25, 0.3) is 99.4 Å². The van der Waals surface area contributed by atoms with Crippen LogP contribution in [-0.2, 0) is 0 Å². The molecule has 3 aromatic heterocycles. The molecule has 3 nitrogen and oxygen atoms in total. The number of benzene rings is 7. The normalized spacial score (nSPS) is 11.5. The van der Waals surface area contributed by atoms with Crippen LogP contribution in [0, 0.1) is 0 Å². The van der Waals surface area contributed by atoms with Crippen molar-refractivity contribution in [1.82, 2.24) is 15.0 Å². The monoisotopic (exact) mass is 649 g/mol. The molecule has 3 heteroatoms. The number of nitrogens with one attached hydrogen (secondary N) is 1. The Morgan fingerprint density at radius 1 is 0.333 bits per heavy atom. The summed E-state index contributed by atoms with van der Waals surface area (Å²) < 4.78 is 0. The molecule has 0 aliphatic heterocycles. The lowest BCUT2D eigenvalue weighted by Gasteiger charge is -2.11. The Labute approximate surface area is 295 Å². The van der Waals surface area contributed by atoms with Crippen LogP contribution in [0.2, 0.25) is 0 Å². The van der Waals surface area contributed by atoms with Gasteiger partial charge in [0.25, 0.3) is 0 Å². The molecule has 0 spiro atoms. The summed E-state index contributed by atoms with van der Waals surface area (Å²) in [5.74, 6) is 0. The Balaban J connectivity index is 1.28. The minimum absolute atomic E-state index is 0.844. The van der Waals surface area contributed by atoms with Crippen LogP contribution in [0.3, 0.4) is 0 Å². The van der Waals surface area contributed by atoms with Crippen LogP contribution in [0.5, 0.6) is 0 Å². The molecule has 0 bridgehead atoms. The minimum atomic E-state index is 0.844. The summed E-state index contributed by atoms with van der Waals surface area (Å²) >= 11 is 0. The molecule has 0 amide bonds. The number of fused-ring (bicyclic) bond motifs is 5. The molecule has 7 aromatic carbocycles. The highest BCUT2D eigenvalue weighted by atomic mass is 14.8. The zero-order valence-electron chi connectivity index (χ0n) is 27.7. The number of aromatic nitrogens is 3. The van der Waals surface area contributed by atoms with Crippen molar-refractivity contribution < 1.29 is 0 Å². The van der Waals surface area contributed by atoms with Crippen LogP contribution in [0.15, 0.2) is 182 Å². The highest BCUT2D eigenvalue weighted by molar-refractivity contribution is 6.17. The van der Waals surface area contributed by atoms with E-state index in [1.807, 2.05) is 30.5 Å². The number of aromatic amines is 1. The molecule has 51 heavy (non-hydrogen) atoms. The van der Waals surface area contributed by atoms with Gasteiger partial charge in [0.05, 0.1) is 28.1 Å². The SMILES string of the molecule is c1ccc(-c2cc(-c3ccc4ccccc4c3)cc3c2[nH]c2c(-c4cccc(-c5ccccn5)n4)cc(-c4ccc5ccccc5c4)cc23)cc1. The fourth-order valence-corrected chi connectivity index (χ4v) is 7.46. The molecule has 238 valence electrons. The average Bonchev–Trinajstić information content (AvgIpc) is 3.59.